The largest absolute Gasteiger partial charge is 0.493 e. The highest BCUT2D eigenvalue weighted by Gasteiger charge is 2.31. The lowest BCUT2D eigenvalue weighted by Gasteiger charge is -2.31. The van der Waals surface area contributed by atoms with Crippen molar-refractivity contribution in [3.8, 4) is 23.0 Å². The molecule has 1 aromatic carbocycles. The van der Waals surface area contributed by atoms with Crippen LogP contribution in [0.3, 0.4) is 0 Å². The van der Waals surface area contributed by atoms with Crippen LogP contribution in [-0.2, 0) is 13.7 Å². The van der Waals surface area contributed by atoms with E-state index >= 15 is 0 Å². The topological polar surface area (TPSA) is 93.7 Å². The first-order valence-corrected chi connectivity index (χ1v) is 8.13. The van der Waals surface area contributed by atoms with Crippen LogP contribution in [0.4, 0.5) is 0 Å². The number of nitrogens with zero attached hydrogens (tertiary/aromatic N) is 3. The van der Waals surface area contributed by atoms with Gasteiger partial charge in [-0.1, -0.05) is 0 Å². The molecule has 1 aromatic heterocycles. The van der Waals surface area contributed by atoms with Gasteiger partial charge in [-0.3, -0.25) is 0 Å². The number of hydrogen-bond donors (Lipinski definition) is 1. The van der Waals surface area contributed by atoms with Crippen molar-refractivity contribution < 1.29 is 18.9 Å². The van der Waals surface area contributed by atoms with Crippen molar-refractivity contribution in [2.45, 2.75) is 31.4 Å². The monoisotopic (exact) mass is 348 g/mol. The number of benzene rings is 1. The van der Waals surface area contributed by atoms with Gasteiger partial charge in [-0.25, -0.2) is 0 Å². The molecule has 2 N–H and O–H groups in total. The van der Waals surface area contributed by atoms with Crippen LogP contribution in [0.25, 0.3) is 0 Å². The summed E-state index contributed by atoms with van der Waals surface area (Å²) in [5.74, 6) is 4.32. The summed E-state index contributed by atoms with van der Waals surface area (Å²) in [4.78, 5) is 0. The van der Waals surface area contributed by atoms with Crippen molar-refractivity contribution in [1.29, 1.82) is 0 Å². The van der Waals surface area contributed by atoms with E-state index in [2.05, 4.69) is 10.2 Å². The molecule has 1 heterocycles. The minimum atomic E-state index is 0.278. The molecule has 1 saturated carbocycles. The molecule has 0 atom stereocenters. The predicted octanol–water partition coefficient (Wildman–Crippen LogP) is 1.62. The van der Waals surface area contributed by atoms with Crippen molar-refractivity contribution >= 4 is 0 Å². The average molecular weight is 348 g/mol. The minimum absolute atomic E-state index is 0.278. The lowest BCUT2D eigenvalue weighted by Crippen LogP contribution is -2.36. The molecule has 8 heteroatoms. The standard InChI is InChI=1S/C17H24N4O4/c1-21-15(19-20-17(21)10-5-11(18)6-10)9-25-12-7-13(22-2)16(24-4)14(8-12)23-3/h7-8,10-11H,5-6,9,18H2,1-4H3. The highest BCUT2D eigenvalue weighted by molar-refractivity contribution is 5.55. The molecule has 1 aliphatic rings. The molecule has 0 saturated heterocycles. The molecule has 1 fully saturated rings. The molecule has 0 amide bonds. The molecule has 25 heavy (non-hydrogen) atoms. The number of rotatable bonds is 7. The van der Waals surface area contributed by atoms with E-state index in [0.717, 1.165) is 24.5 Å². The van der Waals surface area contributed by atoms with E-state index in [0.29, 0.717) is 35.5 Å². The maximum absolute atomic E-state index is 5.86. The van der Waals surface area contributed by atoms with Crippen LogP contribution in [0.2, 0.25) is 0 Å². The molecule has 0 spiro atoms. The van der Waals surface area contributed by atoms with Gasteiger partial charge in [-0.15, -0.1) is 10.2 Å². The maximum Gasteiger partial charge on any atom is 0.203 e. The Morgan fingerprint density at radius 2 is 1.72 bits per heavy atom. The maximum atomic E-state index is 5.86. The highest BCUT2D eigenvalue weighted by Crippen LogP contribution is 2.41. The van der Waals surface area contributed by atoms with Crippen molar-refractivity contribution in [1.82, 2.24) is 14.8 Å². The first-order chi connectivity index (χ1) is 12.1. The normalized spacial score (nSPS) is 19.2. The summed E-state index contributed by atoms with van der Waals surface area (Å²) >= 11 is 0. The molecule has 3 rings (SSSR count). The van der Waals surface area contributed by atoms with Crippen molar-refractivity contribution in [3.05, 3.63) is 23.8 Å². The Labute approximate surface area is 146 Å². The molecule has 1 aliphatic carbocycles. The number of aromatic nitrogens is 3. The Hall–Kier alpha value is -2.48. The number of methoxy groups -OCH3 is 3. The zero-order valence-corrected chi connectivity index (χ0v) is 15.0. The Bertz CT molecular complexity index is 715. The predicted molar refractivity (Wildman–Crippen MR) is 91.4 cm³/mol. The second-order valence-electron chi connectivity index (χ2n) is 6.11. The lowest BCUT2D eigenvalue weighted by molar-refractivity contribution is 0.278. The fourth-order valence-electron chi connectivity index (χ4n) is 3.02. The summed E-state index contributed by atoms with van der Waals surface area (Å²) in [7, 11) is 6.65. The number of hydrogen-bond acceptors (Lipinski definition) is 7. The summed E-state index contributed by atoms with van der Waals surface area (Å²) in [6.45, 7) is 0.293. The lowest BCUT2D eigenvalue weighted by atomic mass is 9.80. The van der Waals surface area contributed by atoms with Crippen LogP contribution in [0.15, 0.2) is 12.1 Å². The summed E-state index contributed by atoms with van der Waals surface area (Å²) in [6.07, 6.45) is 1.92. The van der Waals surface area contributed by atoms with Gasteiger partial charge in [0.05, 0.1) is 21.3 Å². The summed E-state index contributed by atoms with van der Waals surface area (Å²) in [6, 6.07) is 3.79. The minimum Gasteiger partial charge on any atom is -0.493 e. The van der Waals surface area contributed by atoms with E-state index in [1.807, 2.05) is 11.6 Å². The van der Waals surface area contributed by atoms with Gasteiger partial charge in [0.2, 0.25) is 5.75 Å². The fraction of sp³-hybridized carbons (Fsp3) is 0.529. The molecule has 0 bridgehead atoms. The second kappa shape index (κ2) is 7.18. The van der Waals surface area contributed by atoms with Crippen molar-refractivity contribution in [3.63, 3.8) is 0 Å². The summed E-state index contributed by atoms with van der Waals surface area (Å²) in [5, 5.41) is 8.52. The van der Waals surface area contributed by atoms with Gasteiger partial charge in [0.15, 0.2) is 17.3 Å². The summed E-state index contributed by atoms with van der Waals surface area (Å²) < 4.78 is 23.8. The van der Waals surface area contributed by atoms with Gasteiger partial charge < -0.3 is 29.2 Å². The third-order valence-corrected chi connectivity index (χ3v) is 4.54. The average Bonchev–Trinajstić information content (AvgIpc) is 2.96. The highest BCUT2D eigenvalue weighted by atomic mass is 16.5. The summed E-state index contributed by atoms with van der Waals surface area (Å²) in [5.41, 5.74) is 5.86. The smallest absolute Gasteiger partial charge is 0.203 e. The molecule has 8 nitrogen and oxygen atoms in total. The number of ether oxygens (including phenoxy) is 4. The Morgan fingerprint density at radius 3 is 2.24 bits per heavy atom. The van der Waals surface area contributed by atoms with Gasteiger partial charge in [-0.05, 0) is 12.8 Å². The first kappa shape index (κ1) is 17.3. The van der Waals surface area contributed by atoms with Crippen LogP contribution in [0.5, 0.6) is 23.0 Å². The van der Waals surface area contributed by atoms with Crippen LogP contribution in [0, 0.1) is 0 Å². The van der Waals surface area contributed by atoms with E-state index in [1.165, 1.54) is 0 Å². The van der Waals surface area contributed by atoms with Crippen LogP contribution < -0.4 is 24.7 Å². The molecule has 136 valence electrons. The Balaban J connectivity index is 1.73. The van der Waals surface area contributed by atoms with Gasteiger partial charge in [-0.2, -0.15) is 0 Å². The third-order valence-electron chi connectivity index (χ3n) is 4.54. The van der Waals surface area contributed by atoms with E-state index in [9.17, 15) is 0 Å². The first-order valence-electron chi connectivity index (χ1n) is 8.13. The van der Waals surface area contributed by atoms with Crippen LogP contribution >= 0.6 is 0 Å². The zero-order valence-electron chi connectivity index (χ0n) is 15.0. The molecule has 0 unspecified atom stereocenters. The molecular weight excluding hydrogens is 324 g/mol. The fourth-order valence-corrected chi connectivity index (χ4v) is 3.02. The van der Waals surface area contributed by atoms with Gasteiger partial charge in [0.1, 0.15) is 18.2 Å². The third kappa shape index (κ3) is 3.34. The quantitative estimate of drug-likeness (QED) is 0.812. The molecule has 0 radical (unpaired) electrons. The van der Waals surface area contributed by atoms with E-state index in [-0.39, 0.29) is 6.04 Å². The van der Waals surface area contributed by atoms with Gasteiger partial charge in [0, 0.05) is 31.1 Å². The Kier molecular flexibility index (Phi) is 4.98. The number of nitrogens with two attached hydrogens (primary N) is 1. The second-order valence-corrected chi connectivity index (χ2v) is 6.11. The van der Waals surface area contributed by atoms with Crippen LogP contribution in [-0.4, -0.2) is 42.1 Å². The van der Waals surface area contributed by atoms with E-state index in [4.69, 9.17) is 24.7 Å². The van der Waals surface area contributed by atoms with E-state index in [1.54, 1.807) is 33.5 Å². The van der Waals surface area contributed by atoms with Crippen LogP contribution in [0.1, 0.15) is 30.4 Å². The van der Waals surface area contributed by atoms with Gasteiger partial charge >= 0.3 is 0 Å². The molecule has 0 aliphatic heterocycles. The molecule has 2 aromatic rings. The molecular formula is C17H24N4O4. The Morgan fingerprint density at radius 1 is 1.08 bits per heavy atom. The SMILES string of the molecule is COc1cc(OCc2nnc(C3CC(N)C3)n2C)cc(OC)c1OC. The van der Waals surface area contributed by atoms with Crippen molar-refractivity contribution in [2.24, 2.45) is 12.8 Å². The van der Waals surface area contributed by atoms with Crippen molar-refractivity contribution in [2.75, 3.05) is 21.3 Å². The zero-order chi connectivity index (χ0) is 18.0. The van der Waals surface area contributed by atoms with E-state index < -0.39 is 0 Å². The van der Waals surface area contributed by atoms with Gasteiger partial charge in [0.25, 0.3) is 0 Å².